The first-order valence-electron chi connectivity index (χ1n) is 12.4. The van der Waals surface area contributed by atoms with Gasteiger partial charge in [0.1, 0.15) is 17.0 Å². The second-order valence-electron chi connectivity index (χ2n) is 9.01. The van der Waals surface area contributed by atoms with Gasteiger partial charge < -0.3 is 25.3 Å². The molecule has 1 saturated carbocycles. The lowest BCUT2D eigenvalue weighted by Crippen LogP contribution is -2.13. The van der Waals surface area contributed by atoms with Gasteiger partial charge in [0, 0.05) is 43.0 Å². The molecule has 1 aliphatic heterocycles. The third-order valence-corrected chi connectivity index (χ3v) is 7.28. The fourth-order valence-electron chi connectivity index (χ4n) is 4.56. The molecule has 3 aromatic rings. The lowest BCUT2D eigenvalue weighted by atomic mass is 10.1. The summed E-state index contributed by atoms with van der Waals surface area (Å²) in [5.41, 5.74) is 7.58. The van der Waals surface area contributed by atoms with E-state index in [4.69, 9.17) is 48.1 Å². The van der Waals surface area contributed by atoms with Crippen molar-refractivity contribution >= 4 is 45.9 Å². The molecule has 0 bridgehead atoms. The molecule has 1 saturated heterocycles. The Morgan fingerprint density at radius 2 is 1.64 bits per heavy atom. The minimum absolute atomic E-state index is 0.195. The Morgan fingerprint density at radius 1 is 0.972 bits per heavy atom. The van der Waals surface area contributed by atoms with Crippen molar-refractivity contribution < 1.29 is 14.2 Å². The van der Waals surface area contributed by atoms with E-state index in [-0.39, 0.29) is 5.95 Å². The number of nitrogens with two attached hydrogens (primary N) is 1. The number of anilines is 2. The summed E-state index contributed by atoms with van der Waals surface area (Å²) < 4.78 is 15.9. The van der Waals surface area contributed by atoms with Crippen LogP contribution in [0.5, 0.6) is 11.5 Å². The van der Waals surface area contributed by atoms with E-state index >= 15 is 0 Å². The molecule has 0 amide bonds. The first-order chi connectivity index (χ1) is 17.5. The summed E-state index contributed by atoms with van der Waals surface area (Å²) in [6.07, 6.45) is 10.6. The predicted molar refractivity (Wildman–Crippen MR) is 145 cm³/mol. The van der Waals surface area contributed by atoms with Crippen LogP contribution in [0.1, 0.15) is 44.9 Å². The number of nitrogen functional groups attached to an aromatic ring is 1. The van der Waals surface area contributed by atoms with E-state index in [1.165, 1.54) is 59.2 Å². The summed E-state index contributed by atoms with van der Waals surface area (Å²) in [5.74, 6) is 2.33. The zero-order chi connectivity index (χ0) is 25.5. The molecule has 2 fully saturated rings. The van der Waals surface area contributed by atoms with Gasteiger partial charge in [-0.1, -0.05) is 36.0 Å². The molecular formula is C26H33Cl2N5O3. The van der Waals surface area contributed by atoms with E-state index in [9.17, 15) is 0 Å². The number of methoxy groups -OCH3 is 2. The molecule has 8 nitrogen and oxygen atoms in total. The third-order valence-electron chi connectivity index (χ3n) is 6.52. The number of pyridine rings is 1. The number of nitrogens with one attached hydrogen (secondary N) is 1. The maximum absolute atomic E-state index is 6.61. The van der Waals surface area contributed by atoms with Gasteiger partial charge in [0.25, 0.3) is 0 Å². The van der Waals surface area contributed by atoms with Crippen LogP contribution in [-0.4, -0.2) is 48.9 Å². The van der Waals surface area contributed by atoms with Gasteiger partial charge in [0.05, 0.1) is 30.0 Å². The van der Waals surface area contributed by atoms with Crippen molar-refractivity contribution in [3.63, 3.8) is 0 Å². The van der Waals surface area contributed by atoms with Crippen molar-refractivity contribution in [3.8, 4) is 22.8 Å². The van der Waals surface area contributed by atoms with Crippen molar-refractivity contribution in [2.24, 2.45) is 5.92 Å². The minimum Gasteiger partial charge on any atom is -0.495 e. The molecule has 1 aromatic carbocycles. The molecule has 3 N–H and O–H groups in total. The first kappa shape index (κ1) is 26.5. The average molecular weight is 534 g/mol. The summed E-state index contributed by atoms with van der Waals surface area (Å²) in [5, 5.41) is 4.94. The highest BCUT2D eigenvalue weighted by molar-refractivity contribution is 6.41. The van der Waals surface area contributed by atoms with Crippen molar-refractivity contribution in [3.05, 3.63) is 28.4 Å². The summed E-state index contributed by atoms with van der Waals surface area (Å²) in [4.78, 5) is 13.3. The van der Waals surface area contributed by atoms with Gasteiger partial charge >= 0.3 is 0 Å². The normalized spacial score (nSPS) is 15.9. The number of ether oxygens (including phenoxy) is 3. The highest BCUT2D eigenvalue weighted by Gasteiger charge is 2.22. The smallest absolute Gasteiger partial charge is 0.220 e. The molecule has 5 rings (SSSR count). The van der Waals surface area contributed by atoms with Crippen LogP contribution in [0, 0.1) is 5.92 Å². The van der Waals surface area contributed by atoms with Gasteiger partial charge in [0.15, 0.2) is 5.82 Å². The fourth-order valence-corrected chi connectivity index (χ4v) is 5.25. The number of halogens is 2. The second kappa shape index (κ2) is 12.6. The molecule has 0 radical (unpaired) electrons. The van der Waals surface area contributed by atoms with Crippen molar-refractivity contribution in [2.75, 3.05) is 45.0 Å². The van der Waals surface area contributed by atoms with Crippen LogP contribution in [0.2, 0.25) is 10.0 Å². The SMILES string of the molecule is C1CCOCC1.COc1cc(OC)c(Cl)c(-c2cc3cnc(N)nc3c(NCC3CCCC3)n2)c1Cl. The Balaban J connectivity index is 0.000000445. The Morgan fingerprint density at radius 3 is 2.19 bits per heavy atom. The van der Waals surface area contributed by atoms with E-state index in [0.29, 0.717) is 50.1 Å². The second-order valence-corrected chi connectivity index (χ2v) is 9.77. The van der Waals surface area contributed by atoms with E-state index in [1.807, 2.05) is 6.07 Å². The number of nitrogens with zero attached hydrogens (tertiary/aromatic N) is 3. The van der Waals surface area contributed by atoms with Crippen molar-refractivity contribution in [2.45, 2.75) is 44.9 Å². The van der Waals surface area contributed by atoms with Gasteiger partial charge in [-0.3, -0.25) is 0 Å². The number of benzene rings is 1. The summed E-state index contributed by atoms with van der Waals surface area (Å²) in [7, 11) is 3.08. The Kier molecular flexibility index (Phi) is 9.29. The summed E-state index contributed by atoms with van der Waals surface area (Å²) >= 11 is 13.2. The predicted octanol–water partition coefficient (Wildman–Crippen LogP) is 6.39. The molecule has 0 unspecified atom stereocenters. The van der Waals surface area contributed by atoms with E-state index in [2.05, 4.69) is 15.3 Å². The molecule has 3 heterocycles. The molecule has 0 spiro atoms. The zero-order valence-corrected chi connectivity index (χ0v) is 22.3. The van der Waals surface area contributed by atoms with Crippen LogP contribution < -0.4 is 20.5 Å². The van der Waals surface area contributed by atoms with Gasteiger partial charge in [-0.2, -0.15) is 0 Å². The lowest BCUT2D eigenvalue weighted by molar-refractivity contribution is 0.0968. The van der Waals surface area contributed by atoms with Gasteiger partial charge in [0.2, 0.25) is 5.95 Å². The summed E-state index contributed by atoms with van der Waals surface area (Å²) in [6, 6.07) is 3.49. The van der Waals surface area contributed by atoms with E-state index in [0.717, 1.165) is 25.1 Å². The Bertz CT molecular complexity index is 1140. The molecule has 2 aliphatic rings. The van der Waals surface area contributed by atoms with Crippen molar-refractivity contribution in [1.29, 1.82) is 0 Å². The van der Waals surface area contributed by atoms with Gasteiger partial charge in [-0.05, 0) is 44.1 Å². The highest BCUT2D eigenvalue weighted by atomic mass is 35.5. The molecule has 0 atom stereocenters. The molecule has 194 valence electrons. The Hall–Kier alpha value is -2.55. The van der Waals surface area contributed by atoms with Crippen molar-refractivity contribution in [1.82, 2.24) is 15.0 Å². The Labute approximate surface area is 221 Å². The van der Waals surface area contributed by atoms with Crippen LogP contribution in [-0.2, 0) is 4.74 Å². The average Bonchev–Trinajstić information content (AvgIpc) is 3.43. The topological polar surface area (TPSA) is 104 Å². The number of hydrogen-bond acceptors (Lipinski definition) is 8. The van der Waals surface area contributed by atoms with Gasteiger partial charge in [-0.15, -0.1) is 0 Å². The molecule has 1 aliphatic carbocycles. The fraction of sp³-hybridized carbons (Fsp3) is 0.500. The van der Waals surface area contributed by atoms with E-state index < -0.39 is 0 Å². The minimum atomic E-state index is 0.195. The van der Waals surface area contributed by atoms with Gasteiger partial charge in [-0.25, -0.2) is 15.0 Å². The molecular weight excluding hydrogens is 501 g/mol. The van der Waals surface area contributed by atoms with Crippen LogP contribution >= 0.6 is 23.2 Å². The van der Waals surface area contributed by atoms with Crippen LogP contribution in [0.4, 0.5) is 11.8 Å². The number of fused-ring (bicyclic) bond motifs is 1. The number of rotatable bonds is 6. The third kappa shape index (κ3) is 6.22. The molecule has 2 aromatic heterocycles. The molecule has 36 heavy (non-hydrogen) atoms. The monoisotopic (exact) mass is 533 g/mol. The van der Waals surface area contributed by atoms with E-state index in [1.54, 1.807) is 12.3 Å². The maximum Gasteiger partial charge on any atom is 0.220 e. The number of aromatic nitrogens is 3. The lowest BCUT2D eigenvalue weighted by Gasteiger charge is -2.17. The van der Waals surface area contributed by atoms with Crippen LogP contribution in [0.3, 0.4) is 0 Å². The van der Waals surface area contributed by atoms with Crippen LogP contribution in [0.25, 0.3) is 22.2 Å². The highest BCUT2D eigenvalue weighted by Crippen LogP contribution is 2.46. The number of hydrogen-bond donors (Lipinski definition) is 2. The maximum atomic E-state index is 6.61. The zero-order valence-electron chi connectivity index (χ0n) is 20.8. The summed E-state index contributed by atoms with van der Waals surface area (Å²) in [6.45, 7) is 2.82. The standard InChI is InChI=1S/C21H23Cl2N5O2.C5H10O/c1-29-14-8-15(30-2)18(23)16(17(14)22)13-7-12-10-26-21(24)28-19(12)20(27-13)25-9-11-5-3-4-6-11;1-2-4-6-5-3-1/h7-8,10-11H,3-6,9H2,1-2H3,(H,25,27)(H2,24,26,28);1-5H2. The molecule has 10 heteroatoms. The van der Waals surface area contributed by atoms with Crippen LogP contribution in [0.15, 0.2) is 18.3 Å². The quantitative estimate of drug-likeness (QED) is 0.375. The largest absolute Gasteiger partial charge is 0.495 e. The first-order valence-corrected chi connectivity index (χ1v) is 13.1.